The van der Waals surface area contributed by atoms with Crippen molar-refractivity contribution in [2.75, 3.05) is 64.5 Å². The molecule has 0 aromatic heterocycles. The van der Waals surface area contributed by atoms with E-state index in [4.69, 9.17) is 9.47 Å². The number of piperazine rings is 1. The third kappa shape index (κ3) is 6.63. The number of amides is 4. The number of fused-ring (bicyclic) bond motifs is 1. The molecule has 3 aliphatic rings. The van der Waals surface area contributed by atoms with Crippen molar-refractivity contribution in [1.29, 1.82) is 0 Å². The van der Waals surface area contributed by atoms with Gasteiger partial charge in [-0.1, -0.05) is 6.07 Å². The predicted molar refractivity (Wildman–Crippen MR) is 127 cm³/mol. The Morgan fingerprint density at radius 1 is 1.06 bits per heavy atom. The van der Waals surface area contributed by atoms with Crippen LogP contribution in [0.5, 0.6) is 0 Å². The molecule has 0 radical (unpaired) electrons. The minimum absolute atomic E-state index is 0.176. The Morgan fingerprint density at radius 3 is 2.60 bits per heavy atom. The van der Waals surface area contributed by atoms with Gasteiger partial charge in [0.05, 0.1) is 32.8 Å². The first-order valence-corrected chi connectivity index (χ1v) is 12.2. The maximum Gasteiger partial charge on any atom is 0.255 e. The standard InChI is InChI=1S/C24H33N5O6/c30-21-5-4-20(23(32)27-21)29-16-18-17(24(29)33)2-1-3-19(18)26-22(31)6-12-34-14-15-35-13-11-28-9-7-25-8-10-28/h1-3,20,25H,4-16H2,(H,26,31)(H,27,30,32). The summed E-state index contributed by atoms with van der Waals surface area (Å²) in [6, 6.07) is 4.44. The van der Waals surface area contributed by atoms with E-state index in [0.29, 0.717) is 43.1 Å². The number of nitrogens with one attached hydrogen (secondary N) is 3. The molecule has 1 aromatic rings. The van der Waals surface area contributed by atoms with Crippen molar-refractivity contribution in [2.45, 2.75) is 31.8 Å². The highest BCUT2D eigenvalue weighted by atomic mass is 16.5. The minimum Gasteiger partial charge on any atom is -0.379 e. The van der Waals surface area contributed by atoms with E-state index in [1.54, 1.807) is 18.2 Å². The SMILES string of the molecule is O=C1CCC(N2Cc3c(NC(=O)CCOCCOCCN4CCNCC4)cccc3C2=O)C(=O)N1. The van der Waals surface area contributed by atoms with Crippen molar-refractivity contribution in [3.05, 3.63) is 29.3 Å². The van der Waals surface area contributed by atoms with Crippen molar-refractivity contribution in [3.63, 3.8) is 0 Å². The van der Waals surface area contributed by atoms with Crippen LogP contribution in [-0.4, -0.2) is 98.6 Å². The Labute approximate surface area is 204 Å². The number of carbonyl (C=O) groups is 4. The molecule has 190 valence electrons. The number of anilines is 1. The summed E-state index contributed by atoms with van der Waals surface area (Å²) in [7, 11) is 0. The Morgan fingerprint density at radius 2 is 1.83 bits per heavy atom. The van der Waals surface area contributed by atoms with Crippen LogP contribution in [0.4, 0.5) is 5.69 Å². The largest absolute Gasteiger partial charge is 0.379 e. The zero-order chi connectivity index (χ0) is 24.6. The van der Waals surface area contributed by atoms with Crippen LogP contribution < -0.4 is 16.0 Å². The van der Waals surface area contributed by atoms with Crippen molar-refractivity contribution in [2.24, 2.45) is 0 Å². The number of rotatable bonds is 11. The Balaban J connectivity index is 1.17. The molecule has 4 rings (SSSR count). The normalized spacial score (nSPS) is 20.6. The van der Waals surface area contributed by atoms with E-state index in [1.807, 2.05) is 0 Å². The fourth-order valence-corrected chi connectivity index (χ4v) is 4.53. The van der Waals surface area contributed by atoms with E-state index in [-0.39, 0.29) is 43.7 Å². The minimum atomic E-state index is -0.691. The van der Waals surface area contributed by atoms with Crippen LogP contribution in [0.15, 0.2) is 18.2 Å². The Bertz CT molecular complexity index is 948. The zero-order valence-corrected chi connectivity index (χ0v) is 19.8. The number of carbonyl (C=O) groups excluding carboxylic acids is 4. The highest BCUT2D eigenvalue weighted by Crippen LogP contribution is 2.32. The average molecular weight is 488 g/mol. The summed E-state index contributed by atoms with van der Waals surface area (Å²) in [6.07, 6.45) is 0.666. The lowest BCUT2D eigenvalue weighted by molar-refractivity contribution is -0.137. The van der Waals surface area contributed by atoms with Crippen LogP contribution in [-0.2, 0) is 30.4 Å². The fraction of sp³-hybridized carbons (Fsp3) is 0.583. The molecule has 35 heavy (non-hydrogen) atoms. The first-order valence-electron chi connectivity index (χ1n) is 12.2. The molecule has 2 fully saturated rings. The summed E-state index contributed by atoms with van der Waals surface area (Å²) in [6.45, 7) is 7.08. The summed E-state index contributed by atoms with van der Waals surface area (Å²) < 4.78 is 11.1. The molecule has 1 atom stereocenters. The van der Waals surface area contributed by atoms with Gasteiger partial charge in [-0.05, 0) is 18.6 Å². The van der Waals surface area contributed by atoms with E-state index in [2.05, 4.69) is 20.9 Å². The Hall–Kier alpha value is -2.86. The first-order chi connectivity index (χ1) is 17.0. The molecule has 0 saturated carbocycles. The number of piperidine rings is 1. The Kier molecular flexibility index (Phi) is 8.80. The summed E-state index contributed by atoms with van der Waals surface area (Å²) in [5.41, 5.74) is 1.68. The zero-order valence-electron chi connectivity index (χ0n) is 19.8. The molecule has 1 unspecified atom stereocenters. The second-order valence-corrected chi connectivity index (χ2v) is 8.85. The smallest absolute Gasteiger partial charge is 0.255 e. The molecule has 1 aromatic carbocycles. The molecule has 0 bridgehead atoms. The van der Waals surface area contributed by atoms with Gasteiger partial charge in [0.25, 0.3) is 5.91 Å². The van der Waals surface area contributed by atoms with Crippen molar-refractivity contribution < 1.29 is 28.7 Å². The maximum absolute atomic E-state index is 12.9. The van der Waals surface area contributed by atoms with Gasteiger partial charge in [-0.2, -0.15) is 0 Å². The molecule has 11 nitrogen and oxygen atoms in total. The fourth-order valence-electron chi connectivity index (χ4n) is 4.53. The van der Waals surface area contributed by atoms with Gasteiger partial charge in [-0.3, -0.25) is 29.4 Å². The van der Waals surface area contributed by atoms with Crippen LogP contribution in [0, 0.1) is 0 Å². The highest BCUT2D eigenvalue weighted by molar-refractivity contribution is 6.06. The molecule has 0 spiro atoms. The van der Waals surface area contributed by atoms with Crippen LogP contribution in [0.2, 0.25) is 0 Å². The van der Waals surface area contributed by atoms with Crippen LogP contribution in [0.1, 0.15) is 35.2 Å². The summed E-state index contributed by atoms with van der Waals surface area (Å²) >= 11 is 0. The third-order valence-corrected chi connectivity index (χ3v) is 6.46. The predicted octanol–water partition coefficient (Wildman–Crippen LogP) is -0.285. The first kappa shape index (κ1) is 25.2. The average Bonchev–Trinajstić information content (AvgIpc) is 3.18. The van der Waals surface area contributed by atoms with Gasteiger partial charge < -0.3 is 25.0 Å². The summed E-state index contributed by atoms with van der Waals surface area (Å²) in [4.78, 5) is 52.8. The molecule has 3 aliphatic heterocycles. The number of hydrogen-bond acceptors (Lipinski definition) is 8. The van der Waals surface area contributed by atoms with E-state index in [1.165, 1.54) is 4.90 Å². The molecular weight excluding hydrogens is 454 g/mol. The van der Waals surface area contributed by atoms with E-state index < -0.39 is 11.9 Å². The van der Waals surface area contributed by atoms with Crippen molar-refractivity contribution in [3.8, 4) is 0 Å². The summed E-state index contributed by atoms with van der Waals surface area (Å²) in [5.74, 6) is -1.28. The van der Waals surface area contributed by atoms with Crippen LogP contribution in [0.3, 0.4) is 0 Å². The lowest BCUT2D eigenvalue weighted by Gasteiger charge is -2.29. The number of imide groups is 1. The molecule has 3 N–H and O–H groups in total. The topological polar surface area (TPSA) is 129 Å². The molecule has 0 aliphatic carbocycles. The number of ether oxygens (including phenoxy) is 2. The van der Waals surface area contributed by atoms with Gasteiger partial charge in [-0.15, -0.1) is 0 Å². The van der Waals surface area contributed by atoms with Crippen molar-refractivity contribution >= 4 is 29.3 Å². The van der Waals surface area contributed by atoms with E-state index in [9.17, 15) is 19.2 Å². The van der Waals surface area contributed by atoms with Gasteiger partial charge >= 0.3 is 0 Å². The van der Waals surface area contributed by atoms with E-state index in [0.717, 1.165) is 32.7 Å². The lowest BCUT2D eigenvalue weighted by atomic mass is 10.0. The van der Waals surface area contributed by atoms with Gasteiger partial charge in [0, 0.05) is 62.5 Å². The third-order valence-electron chi connectivity index (χ3n) is 6.46. The molecule has 11 heteroatoms. The van der Waals surface area contributed by atoms with Crippen molar-refractivity contribution in [1.82, 2.24) is 20.4 Å². The number of hydrogen-bond donors (Lipinski definition) is 3. The molecule has 4 amide bonds. The molecular formula is C24H33N5O6. The maximum atomic E-state index is 12.9. The second kappa shape index (κ2) is 12.2. The highest BCUT2D eigenvalue weighted by Gasteiger charge is 2.39. The van der Waals surface area contributed by atoms with Crippen LogP contribution in [0.25, 0.3) is 0 Å². The van der Waals surface area contributed by atoms with Gasteiger partial charge in [0.15, 0.2) is 0 Å². The second-order valence-electron chi connectivity index (χ2n) is 8.85. The lowest BCUT2D eigenvalue weighted by Crippen LogP contribution is -2.52. The molecule has 2 saturated heterocycles. The number of benzene rings is 1. The van der Waals surface area contributed by atoms with Gasteiger partial charge in [0.2, 0.25) is 17.7 Å². The molecule has 3 heterocycles. The monoisotopic (exact) mass is 487 g/mol. The van der Waals surface area contributed by atoms with E-state index >= 15 is 0 Å². The van der Waals surface area contributed by atoms with Gasteiger partial charge in [0.1, 0.15) is 6.04 Å². The quantitative estimate of drug-likeness (QED) is 0.287. The van der Waals surface area contributed by atoms with Gasteiger partial charge in [-0.25, -0.2) is 0 Å². The number of nitrogens with zero attached hydrogens (tertiary/aromatic N) is 2. The van der Waals surface area contributed by atoms with Crippen LogP contribution >= 0.6 is 0 Å². The summed E-state index contributed by atoms with van der Waals surface area (Å²) in [5, 5.41) is 8.47.